The fraction of sp³-hybridized carbons (Fsp3) is 0.211. The molecule has 1 atom stereocenters. The summed E-state index contributed by atoms with van der Waals surface area (Å²) in [7, 11) is 0. The minimum Gasteiger partial charge on any atom is -0.314 e. The van der Waals surface area contributed by atoms with Crippen LogP contribution >= 0.6 is 11.6 Å². The Morgan fingerprint density at radius 1 is 1.07 bits per heavy atom. The molecule has 1 aliphatic heterocycles. The summed E-state index contributed by atoms with van der Waals surface area (Å²) in [4.78, 5) is 37.5. The zero-order valence-electron chi connectivity index (χ0n) is 14.8. The standard InChI is InChI=1S/C19H15ClF3N3O3/c20-14-8-6-13(7-9-14)15(27)24-18(19(21,22)23)16(28)26(17(29)25-18)11-10-12-4-2-1-3-5-12/h1-9H,10-11H2,(H,24,27)(H,25,29)/t18-/m0/s1. The number of hydrogen-bond donors (Lipinski definition) is 2. The van der Waals surface area contributed by atoms with Gasteiger partial charge < -0.3 is 5.32 Å². The number of nitrogens with one attached hydrogen (secondary N) is 2. The third-order valence-corrected chi connectivity index (χ3v) is 4.66. The van der Waals surface area contributed by atoms with Crippen LogP contribution in [-0.2, 0) is 11.2 Å². The van der Waals surface area contributed by atoms with Gasteiger partial charge in [-0.15, -0.1) is 0 Å². The summed E-state index contributed by atoms with van der Waals surface area (Å²) in [5, 5.41) is 3.54. The van der Waals surface area contributed by atoms with Gasteiger partial charge in [-0.2, -0.15) is 13.2 Å². The maximum atomic E-state index is 13.8. The van der Waals surface area contributed by atoms with E-state index in [-0.39, 0.29) is 23.6 Å². The van der Waals surface area contributed by atoms with Gasteiger partial charge in [0.05, 0.1) is 0 Å². The predicted molar refractivity (Wildman–Crippen MR) is 98.1 cm³/mol. The third kappa shape index (κ3) is 4.04. The van der Waals surface area contributed by atoms with E-state index in [2.05, 4.69) is 0 Å². The van der Waals surface area contributed by atoms with E-state index in [9.17, 15) is 27.6 Å². The van der Waals surface area contributed by atoms with Crippen molar-refractivity contribution < 1.29 is 27.6 Å². The Labute approximate surface area is 168 Å². The Balaban J connectivity index is 1.84. The molecule has 29 heavy (non-hydrogen) atoms. The van der Waals surface area contributed by atoms with E-state index >= 15 is 0 Å². The Bertz CT molecular complexity index is 935. The number of halogens is 4. The second kappa shape index (κ2) is 7.75. The fourth-order valence-corrected chi connectivity index (χ4v) is 2.98. The summed E-state index contributed by atoms with van der Waals surface area (Å²) in [5.74, 6) is -2.77. The number of hydrogen-bond acceptors (Lipinski definition) is 3. The number of amides is 4. The highest BCUT2D eigenvalue weighted by Crippen LogP contribution is 2.34. The van der Waals surface area contributed by atoms with E-state index in [1.165, 1.54) is 24.3 Å². The minimum absolute atomic E-state index is 0.150. The van der Waals surface area contributed by atoms with Gasteiger partial charge in [0, 0.05) is 17.1 Å². The molecule has 0 saturated carbocycles. The Morgan fingerprint density at radius 2 is 1.69 bits per heavy atom. The number of urea groups is 1. The molecule has 152 valence electrons. The molecule has 2 aromatic rings. The van der Waals surface area contributed by atoms with Gasteiger partial charge in [-0.3, -0.25) is 19.8 Å². The number of rotatable bonds is 5. The Kier molecular flexibility index (Phi) is 5.52. The first-order chi connectivity index (χ1) is 13.6. The molecule has 2 N–H and O–H groups in total. The number of benzene rings is 2. The number of alkyl halides is 3. The molecule has 0 spiro atoms. The first-order valence-electron chi connectivity index (χ1n) is 8.47. The lowest BCUT2D eigenvalue weighted by molar-refractivity contribution is -0.200. The topological polar surface area (TPSA) is 78.5 Å². The van der Waals surface area contributed by atoms with Gasteiger partial charge in [0.2, 0.25) is 0 Å². The quantitative estimate of drug-likeness (QED) is 0.722. The van der Waals surface area contributed by atoms with Crippen molar-refractivity contribution in [1.82, 2.24) is 15.5 Å². The van der Waals surface area contributed by atoms with E-state index in [0.29, 0.717) is 4.90 Å². The van der Waals surface area contributed by atoms with Gasteiger partial charge in [-0.1, -0.05) is 41.9 Å². The van der Waals surface area contributed by atoms with Gasteiger partial charge in [0.1, 0.15) is 0 Å². The Hall–Kier alpha value is -3.07. The molecule has 10 heteroatoms. The Morgan fingerprint density at radius 3 is 2.28 bits per heavy atom. The zero-order chi connectivity index (χ0) is 21.2. The molecular weight excluding hydrogens is 411 g/mol. The van der Waals surface area contributed by atoms with Crippen molar-refractivity contribution in [3.05, 3.63) is 70.7 Å². The van der Waals surface area contributed by atoms with Crippen LogP contribution in [0.1, 0.15) is 15.9 Å². The van der Waals surface area contributed by atoms with Crippen LogP contribution in [0.25, 0.3) is 0 Å². The fourth-order valence-electron chi connectivity index (χ4n) is 2.86. The summed E-state index contributed by atoms with van der Waals surface area (Å²) in [6, 6.07) is 12.5. The largest absolute Gasteiger partial charge is 0.440 e. The number of nitrogens with zero attached hydrogens (tertiary/aromatic N) is 1. The number of carbonyl (C=O) groups excluding carboxylic acids is 3. The van der Waals surface area contributed by atoms with Crippen LogP contribution in [0.2, 0.25) is 5.02 Å². The molecular formula is C19H15ClF3N3O3. The molecule has 1 saturated heterocycles. The summed E-state index contributed by atoms with van der Waals surface area (Å²) >= 11 is 5.70. The second-order valence-corrected chi connectivity index (χ2v) is 6.77. The van der Waals surface area contributed by atoms with Crippen molar-refractivity contribution in [1.29, 1.82) is 0 Å². The highest BCUT2D eigenvalue weighted by atomic mass is 35.5. The van der Waals surface area contributed by atoms with Crippen molar-refractivity contribution in [2.75, 3.05) is 6.54 Å². The lowest BCUT2D eigenvalue weighted by atomic mass is 10.1. The van der Waals surface area contributed by atoms with Crippen LogP contribution in [0.4, 0.5) is 18.0 Å². The monoisotopic (exact) mass is 425 g/mol. The highest BCUT2D eigenvalue weighted by molar-refractivity contribution is 6.30. The van der Waals surface area contributed by atoms with Gasteiger partial charge in [0.25, 0.3) is 17.5 Å². The first-order valence-corrected chi connectivity index (χ1v) is 8.85. The third-order valence-electron chi connectivity index (χ3n) is 4.41. The van der Waals surface area contributed by atoms with E-state index in [4.69, 9.17) is 11.6 Å². The SMILES string of the molecule is O=C(N[C@]1(C(F)(F)F)NC(=O)N(CCc2ccccc2)C1=O)c1ccc(Cl)cc1. The smallest absolute Gasteiger partial charge is 0.314 e. The zero-order valence-corrected chi connectivity index (χ0v) is 15.6. The van der Waals surface area contributed by atoms with Crippen molar-refractivity contribution in [2.24, 2.45) is 0 Å². The van der Waals surface area contributed by atoms with E-state index in [1.807, 2.05) is 0 Å². The molecule has 4 amide bonds. The normalized spacial score (nSPS) is 19.2. The molecule has 2 aromatic carbocycles. The predicted octanol–water partition coefficient (Wildman–Crippen LogP) is 3.12. The summed E-state index contributed by atoms with van der Waals surface area (Å²) in [5.41, 5.74) is -2.96. The summed E-state index contributed by atoms with van der Waals surface area (Å²) in [6.07, 6.45) is -5.09. The molecule has 1 heterocycles. The van der Waals surface area contributed by atoms with Gasteiger partial charge in [-0.25, -0.2) is 4.79 Å². The summed E-state index contributed by atoms with van der Waals surface area (Å²) in [6.45, 7) is -0.274. The molecule has 1 fully saturated rings. The van der Waals surface area contributed by atoms with Gasteiger partial charge >= 0.3 is 12.2 Å². The molecule has 3 rings (SSSR count). The highest BCUT2D eigenvalue weighted by Gasteiger charge is 2.68. The molecule has 1 aliphatic rings. The molecule has 0 aromatic heterocycles. The molecule has 0 unspecified atom stereocenters. The average molecular weight is 426 g/mol. The maximum Gasteiger partial charge on any atom is 0.440 e. The maximum absolute atomic E-state index is 13.8. The summed E-state index contributed by atoms with van der Waals surface area (Å²) < 4.78 is 41.5. The minimum atomic E-state index is -5.26. The van der Waals surface area contributed by atoms with Crippen LogP contribution in [0.15, 0.2) is 54.6 Å². The van der Waals surface area contributed by atoms with Crippen molar-refractivity contribution in [3.8, 4) is 0 Å². The van der Waals surface area contributed by atoms with Gasteiger partial charge in [0.15, 0.2) is 0 Å². The number of carbonyl (C=O) groups is 3. The van der Waals surface area contributed by atoms with Crippen LogP contribution < -0.4 is 10.6 Å². The van der Waals surface area contributed by atoms with Crippen LogP contribution in [0, 0.1) is 0 Å². The lowest BCUT2D eigenvalue weighted by Crippen LogP contribution is -2.69. The van der Waals surface area contributed by atoms with Crippen LogP contribution in [0.3, 0.4) is 0 Å². The second-order valence-electron chi connectivity index (χ2n) is 6.33. The molecule has 6 nitrogen and oxygen atoms in total. The van der Waals surface area contributed by atoms with Crippen LogP contribution in [0.5, 0.6) is 0 Å². The van der Waals surface area contributed by atoms with Crippen LogP contribution in [-0.4, -0.2) is 41.1 Å². The van der Waals surface area contributed by atoms with Crippen molar-refractivity contribution >= 4 is 29.4 Å². The lowest BCUT2D eigenvalue weighted by Gasteiger charge is -2.29. The van der Waals surface area contributed by atoms with E-state index in [0.717, 1.165) is 5.56 Å². The van der Waals surface area contributed by atoms with Crippen molar-refractivity contribution in [2.45, 2.75) is 18.3 Å². The molecule has 0 radical (unpaired) electrons. The van der Waals surface area contributed by atoms with Crippen molar-refractivity contribution in [3.63, 3.8) is 0 Å². The van der Waals surface area contributed by atoms with Gasteiger partial charge in [-0.05, 0) is 36.2 Å². The number of imide groups is 1. The molecule has 0 aliphatic carbocycles. The molecule has 0 bridgehead atoms. The average Bonchev–Trinajstić information content (AvgIpc) is 2.92. The van der Waals surface area contributed by atoms with E-state index < -0.39 is 29.7 Å². The van der Waals surface area contributed by atoms with E-state index in [1.54, 1.807) is 41.0 Å². The first kappa shape index (κ1) is 20.7.